The molecule has 2 aliphatic heterocycles. The lowest BCUT2D eigenvalue weighted by Crippen LogP contribution is -2.31. The Labute approximate surface area is 369 Å². The minimum absolute atomic E-state index is 0.216. The van der Waals surface area contributed by atoms with Crippen molar-refractivity contribution in [3.63, 3.8) is 0 Å². The second kappa shape index (κ2) is 18.8. The maximum absolute atomic E-state index is 13.4. The number of imide groups is 2. The first kappa shape index (κ1) is 43.0. The van der Waals surface area contributed by atoms with Gasteiger partial charge in [0.2, 0.25) is 0 Å². The van der Waals surface area contributed by atoms with Gasteiger partial charge in [0.1, 0.15) is 11.5 Å². The van der Waals surface area contributed by atoms with E-state index >= 15 is 0 Å². The number of sulfone groups is 1. The number of carbonyl (C=O) groups is 4. The predicted octanol–water partition coefficient (Wildman–Crippen LogP) is 11.2. The highest BCUT2D eigenvalue weighted by atomic mass is 32.2. The molecule has 2 heterocycles. The van der Waals surface area contributed by atoms with Gasteiger partial charge in [-0.25, -0.2) is 18.2 Å². The Balaban J connectivity index is 0.792. The number of anilines is 2. The molecule has 2 aliphatic rings. The molecule has 14 nitrogen and oxygen atoms in total. The van der Waals surface area contributed by atoms with Crippen LogP contribution in [0, 0.1) is 6.92 Å². The third-order valence-corrected chi connectivity index (χ3v) is 11.8. The maximum atomic E-state index is 13.4. The molecule has 0 saturated heterocycles. The van der Waals surface area contributed by atoms with E-state index in [-0.39, 0.29) is 28.6 Å². The molecule has 8 rings (SSSR count). The fraction of sp³-hybridized carbons (Fsp3) is 0.184. The van der Waals surface area contributed by atoms with Gasteiger partial charge in [-0.3, -0.25) is 19.2 Å². The van der Waals surface area contributed by atoms with E-state index in [0.717, 1.165) is 53.1 Å². The third-order valence-electron chi connectivity index (χ3n) is 10.7. The van der Waals surface area contributed by atoms with Crippen LogP contribution in [0.15, 0.2) is 159 Å². The SMILES string of the molecule is Cc1cc(/N=N/c2ccc(OCCCCCCCOc3cc(N4C(=O)c5ccccc5C4=O)ccc3N3C(=O)c4ccccc4C3=O)cc2)ccc1/N=N/c1ccc(S(C)(=O)=O)cc1. The summed E-state index contributed by atoms with van der Waals surface area (Å²) in [4.78, 5) is 55.8. The van der Waals surface area contributed by atoms with Gasteiger partial charge in [0.25, 0.3) is 23.6 Å². The van der Waals surface area contributed by atoms with Crippen molar-refractivity contribution in [1.82, 2.24) is 0 Å². The van der Waals surface area contributed by atoms with Crippen molar-refractivity contribution < 1.29 is 37.1 Å². The molecule has 0 N–H and O–H groups in total. The summed E-state index contributed by atoms with van der Waals surface area (Å²) >= 11 is 0. The second-order valence-corrected chi connectivity index (χ2v) is 17.2. The van der Waals surface area contributed by atoms with Crippen LogP contribution in [0.25, 0.3) is 0 Å². The number of unbranched alkanes of at least 4 members (excludes halogenated alkanes) is 4. The largest absolute Gasteiger partial charge is 0.494 e. The van der Waals surface area contributed by atoms with Gasteiger partial charge in [0.15, 0.2) is 9.84 Å². The van der Waals surface area contributed by atoms with Crippen molar-refractivity contribution in [2.24, 2.45) is 20.5 Å². The van der Waals surface area contributed by atoms with Crippen molar-refractivity contribution in [3.8, 4) is 11.5 Å². The molecule has 0 spiro atoms. The molecular weight excluding hydrogens is 833 g/mol. The van der Waals surface area contributed by atoms with E-state index in [2.05, 4.69) is 20.5 Å². The van der Waals surface area contributed by atoms with Crippen LogP contribution in [-0.2, 0) is 9.84 Å². The fourth-order valence-electron chi connectivity index (χ4n) is 7.29. The molecule has 0 unspecified atom stereocenters. The minimum atomic E-state index is -3.28. The van der Waals surface area contributed by atoms with E-state index in [1.54, 1.807) is 91.0 Å². The van der Waals surface area contributed by atoms with Crippen molar-refractivity contribution in [1.29, 1.82) is 0 Å². The van der Waals surface area contributed by atoms with Crippen LogP contribution in [0.3, 0.4) is 0 Å². The molecule has 64 heavy (non-hydrogen) atoms. The van der Waals surface area contributed by atoms with Gasteiger partial charge < -0.3 is 9.47 Å². The van der Waals surface area contributed by atoms with Crippen LogP contribution in [0.5, 0.6) is 11.5 Å². The Morgan fingerprint density at radius 3 is 1.55 bits per heavy atom. The Morgan fingerprint density at radius 2 is 0.984 bits per heavy atom. The number of hydrogen-bond donors (Lipinski definition) is 0. The van der Waals surface area contributed by atoms with Gasteiger partial charge in [-0.1, -0.05) is 43.5 Å². The summed E-state index contributed by atoms with van der Waals surface area (Å²) in [6.45, 7) is 2.72. The topological polar surface area (TPSA) is 177 Å². The highest BCUT2D eigenvalue weighted by Gasteiger charge is 2.40. The highest BCUT2D eigenvalue weighted by molar-refractivity contribution is 7.90. The Bertz CT molecular complexity index is 2880. The predicted molar refractivity (Wildman–Crippen MR) is 241 cm³/mol. The number of azo groups is 2. The van der Waals surface area contributed by atoms with Crippen LogP contribution < -0.4 is 19.3 Å². The maximum Gasteiger partial charge on any atom is 0.266 e. The van der Waals surface area contributed by atoms with Gasteiger partial charge in [-0.15, -0.1) is 0 Å². The summed E-state index contributed by atoms with van der Waals surface area (Å²) in [7, 11) is -3.28. The Kier molecular flexibility index (Phi) is 12.6. The van der Waals surface area contributed by atoms with Crippen LogP contribution in [0.2, 0.25) is 0 Å². The summed E-state index contributed by atoms with van der Waals surface area (Å²) in [5, 5.41) is 17.2. The van der Waals surface area contributed by atoms with Crippen LogP contribution in [-0.4, -0.2) is 51.5 Å². The second-order valence-electron chi connectivity index (χ2n) is 15.2. The van der Waals surface area contributed by atoms with E-state index in [1.807, 2.05) is 37.3 Å². The first-order valence-corrected chi connectivity index (χ1v) is 22.5. The quantitative estimate of drug-likeness (QED) is 0.0494. The lowest BCUT2D eigenvalue weighted by molar-refractivity contribution is 0.0908. The molecule has 322 valence electrons. The molecule has 0 saturated carbocycles. The van der Waals surface area contributed by atoms with Gasteiger partial charge in [0, 0.05) is 12.3 Å². The molecular formula is C49H42N6O8S. The zero-order valence-electron chi connectivity index (χ0n) is 35.0. The standard InChI is InChI=1S/C49H42N6O8S/c1-32-30-35(20-26-43(32)53-51-34-18-24-38(25-19-34)64(2,60)61)52-50-33-16-22-37(23-17-33)62-28-10-4-3-5-11-29-63-45-31-36(54-46(56)39-12-6-7-13-40(39)47(54)57)21-27-44(45)55-48(58)41-14-8-9-15-42(41)49(55)59/h6-9,12-27,30-31H,3-5,10-11,28-29H2,1-2H3/b52-50+,53-51+. The molecule has 0 bridgehead atoms. The lowest BCUT2D eigenvalue weighted by atomic mass is 10.1. The molecule has 4 amide bonds. The van der Waals surface area contributed by atoms with Crippen LogP contribution >= 0.6 is 0 Å². The summed E-state index contributed by atoms with van der Waals surface area (Å²) < 4.78 is 35.5. The minimum Gasteiger partial charge on any atom is -0.494 e. The number of fused-ring (bicyclic) bond motifs is 2. The Hall–Kier alpha value is -7.65. The number of ether oxygens (including phenoxy) is 2. The van der Waals surface area contributed by atoms with Crippen molar-refractivity contribution in [2.45, 2.75) is 43.9 Å². The number of aryl methyl sites for hydroxylation is 1. The molecule has 0 radical (unpaired) electrons. The van der Waals surface area contributed by atoms with Crippen LogP contribution in [0.4, 0.5) is 34.1 Å². The van der Waals surface area contributed by atoms with Crippen LogP contribution in [0.1, 0.15) is 79.1 Å². The number of benzene rings is 6. The van der Waals surface area contributed by atoms with Crippen molar-refractivity contribution in [2.75, 3.05) is 29.3 Å². The zero-order valence-corrected chi connectivity index (χ0v) is 35.8. The molecule has 0 aromatic heterocycles. The van der Waals surface area contributed by atoms with E-state index in [1.165, 1.54) is 12.1 Å². The van der Waals surface area contributed by atoms with E-state index < -0.39 is 33.5 Å². The van der Waals surface area contributed by atoms with E-state index in [9.17, 15) is 27.6 Å². The number of nitrogens with zero attached hydrogens (tertiary/aromatic N) is 6. The number of rotatable bonds is 17. The fourth-order valence-corrected chi connectivity index (χ4v) is 7.92. The van der Waals surface area contributed by atoms with Gasteiger partial charge >= 0.3 is 0 Å². The molecule has 0 aliphatic carbocycles. The van der Waals surface area contributed by atoms with Crippen molar-refractivity contribution >= 4 is 67.6 Å². The number of amides is 4. The van der Waals surface area contributed by atoms with E-state index in [4.69, 9.17) is 9.47 Å². The molecule has 0 atom stereocenters. The van der Waals surface area contributed by atoms with Gasteiger partial charge in [-0.05, 0) is 128 Å². The normalized spacial score (nSPS) is 13.7. The molecule has 0 fully saturated rings. The number of hydrogen-bond acceptors (Lipinski definition) is 12. The third kappa shape index (κ3) is 9.39. The first-order chi connectivity index (χ1) is 31.0. The lowest BCUT2D eigenvalue weighted by Gasteiger charge is -2.21. The van der Waals surface area contributed by atoms with Gasteiger partial charge in [0.05, 0.1) is 74.5 Å². The van der Waals surface area contributed by atoms with Gasteiger partial charge in [-0.2, -0.15) is 20.5 Å². The summed E-state index contributed by atoms with van der Waals surface area (Å²) in [5.41, 5.74) is 5.08. The van der Waals surface area contributed by atoms with E-state index in [0.29, 0.717) is 58.0 Å². The molecule has 6 aromatic rings. The monoisotopic (exact) mass is 874 g/mol. The average molecular weight is 875 g/mol. The summed E-state index contributed by atoms with van der Waals surface area (Å²) in [6, 6.07) is 36.9. The summed E-state index contributed by atoms with van der Waals surface area (Å²) in [5.74, 6) is -0.925. The highest BCUT2D eigenvalue weighted by Crippen LogP contribution is 2.40. The molecule has 15 heteroatoms. The number of carbonyl (C=O) groups excluding carboxylic acids is 4. The Morgan fingerprint density at radius 1 is 0.500 bits per heavy atom. The smallest absolute Gasteiger partial charge is 0.266 e. The average Bonchev–Trinajstić information content (AvgIpc) is 3.71. The zero-order chi connectivity index (χ0) is 44.8. The van der Waals surface area contributed by atoms with Crippen molar-refractivity contribution in [3.05, 3.63) is 161 Å². The summed E-state index contributed by atoms with van der Waals surface area (Å²) in [6.07, 6.45) is 5.41. The molecule has 6 aromatic carbocycles. The first-order valence-electron chi connectivity index (χ1n) is 20.7.